The normalized spacial score (nSPS) is 17.9. The van der Waals surface area contributed by atoms with Crippen LogP contribution in [0.5, 0.6) is 11.5 Å². The molecule has 1 saturated heterocycles. The van der Waals surface area contributed by atoms with E-state index in [4.69, 9.17) is 9.47 Å². The fraction of sp³-hybridized carbons (Fsp3) is 0.516. The number of carbonyl (C=O) groups is 3. The van der Waals surface area contributed by atoms with Gasteiger partial charge >= 0.3 is 0 Å². The zero-order chi connectivity index (χ0) is 30.5. The van der Waals surface area contributed by atoms with Gasteiger partial charge in [-0.15, -0.1) is 11.8 Å². The molecule has 0 spiro atoms. The van der Waals surface area contributed by atoms with Gasteiger partial charge in [-0.3, -0.25) is 14.4 Å². The van der Waals surface area contributed by atoms with Gasteiger partial charge in [0.25, 0.3) is 11.8 Å². The lowest BCUT2D eigenvalue weighted by Crippen LogP contribution is -2.60. The summed E-state index contributed by atoms with van der Waals surface area (Å²) in [5.41, 5.74) is 2.10. The van der Waals surface area contributed by atoms with Crippen LogP contribution in [0.15, 0.2) is 42.5 Å². The molecule has 1 unspecified atom stereocenters. The fourth-order valence-corrected chi connectivity index (χ4v) is 6.00. The van der Waals surface area contributed by atoms with Crippen molar-refractivity contribution >= 4 is 29.5 Å². The lowest BCUT2D eigenvalue weighted by atomic mass is 9.96. The predicted molar refractivity (Wildman–Crippen MR) is 161 cm³/mol. The Bertz CT molecular complexity index is 1220. The van der Waals surface area contributed by atoms with Crippen LogP contribution in [0.3, 0.4) is 0 Å². The standard InChI is InChI=1S/C31H43N3O6S/c1-19-10-9-11-20(2)26(19)40-17-24(35)32-23(16-21-12-14-22(39-8)15-13-21)25(36)29(38)34-18-41-31(6,7)27(34)28(37)33-30(3,4)5/h9-15,23,25,27,36H,16-18H2,1-8H3,(H,32,35)(H,33,37)/t23-,25-,27?/m0/s1. The van der Waals surface area contributed by atoms with Crippen LogP contribution >= 0.6 is 11.8 Å². The molecule has 3 amide bonds. The van der Waals surface area contributed by atoms with Gasteiger partial charge < -0.3 is 30.1 Å². The summed E-state index contributed by atoms with van der Waals surface area (Å²) in [5, 5.41) is 17.2. The van der Waals surface area contributed by atoms with Gasteiger partial charge in [-0.2, -0.15) is 0 Å². The van der Waals surface area contributed by atoms with Gasteiger partial charge in [0, 0.05) is 10.3 Å². The molecule has 3 atom stereocenters. The molecule has 2 aromatic carbocycles. The Hall–Kier alpha value is -3.24. The van der Waals surface area contributed by atoms with E-state index in [9.17, 15) is 19.5 Å². The molecule has 0 saturated carbocycles. The average molecular weight is 586 g/mol. The van der Waals surface area contributed by atoms with Gasteiger partial charge in [0.15, 0.2) is 12.7 Å². The maximum atomic E-state index is 13.8. The van der Waals surface area contributed by atoms with Gasteiger partial charge in [-0.1, -0.05) is 30.3 Å². The minimum absolute atomic E-state index is 0.176. The fourth-order valence-electron chi connectivity index (χ4n) is 4.86. The summed E-state index contributed by atoms with van der Waals surface area (Å²) in [6, 6.07) is 11.1. The molecule has 1 heterocycles. The molecule has 3 N–H and O–H groups in total. The number of thioether (sulfide) groups is 1. The molecule has 1 fully saturated rings. The van der Waals surface area contributed by atoms with Crippen molar-refractivity contribution in [2.24, 2.45) is 0 Å². The molecule has 1 aliphatic heterocycles. The van der Waals surface area contributed by atoms with E-state index in [-0.39, 0.29) is 24.8 Å². The van der Waals surface area contributed by atoms with Crippen molar-refractivity contribution < 1.29 is 29.0 Å². The SMILES string of the molecule is COc1ccc(C[C@H](NC(=O)COc2c(C)cccc2C)[C@H](O)C(=O)N2CSC(C)(C)C2C(=O)NC(C)(C)C)cc1. The summed E-state index contributed by atoms with van der Waals surface area (Å²) in [5.74, 6) is 0.143. The first-order chi connectivity index (χ1) is 19.1. The first-order valence-corrected chi connectivity index (χ1v) is 14.7. The number of aliphatic hydroxyl groups excluding tert-OH is 1. The second-order valence-electron chi connectivity index (χ2n) is 12.0. The highest BCUT2D eigenvalue weighted by Crippen LogP contribution is 2.40. The summed E-state index contributed by atoms with van der Waals surface area (Å²) in [7, 11) is 1.57. The van der Waals surface area contributed by atoms with E-state index in [0.29, 0.717) is 11.5 Å². The van der Waals surface area contributed by atoms with Crippen molar-refractivity contribution in [3.8, 4) is 11.5 Å². The molecule has 3 rings (SSSR count). The quantitative estimate of drug-likeness (QED) is 0.391. The molecule has 0 radical (unpaired) electrons. The van der Waals surface area contributed by atoms with Crippen molar-refractivity contribution in [1.29, 1.82) is 0 Å². The highest BCUT2D eigenvalue weighted by Gasteiger charge is 2.50. The van der Waals surface area contributed by atoms with Crippen LogP contribution in [0.1, 0.15) is 51.3 Å². The molecular weight excluding hydrogens is 542 g/mol. The molecule has 0 aliphatic carbocycles. The van der Waals surface area contributed by atoms with Gasteiger partial charge in [0.05, 0.1) is 19.0 Å². The van der Waals surface area contributed by atoms with E-state index in [2.05, 4.69) is 10.6 Å². The first-order valence-electron chi connectivity index (χ1n) is 13.7. The van der Waals surface area contributed by atoms with Crippen molar-refractivity contribution in [2.75, 3.05) is 19.6 Å². The number of amides is 3. The lowest BCUT2D eigenvalue weighted by Gasteiger charge is -2.35. The van der Waals surface area contributed by atoms with Crippen LogP contribution in [0.2, 0.25) is 0 Å². The van der Waals surface area contributed by atoms with Crippen molar-refractivity contribution in [3.05, 3.63) is 59.2 Å². The molecule has 2 aromatic rings. The number of para-hydroxylation sites is 1. The number of carbonyl (C=O) groups excluding carboxylic acids is 3. The largest absolute Gasteiger partial charge is 0.497 e. The second kappa shape index (κ2) is 13.2. The van der Waals surface area contributed by atoms with Gasteiger partial charge in [0.2, 0.25) is 5.91 Å². The van der Waals surface area contributed by atoms with Crippen LogP contribution in [0.4, 0.5) is 0 Å². The average Bonchev–Trinajstić information content (AvgIpc) is 3.21. The van der Waals surface area contributed by atoms with Crippen LogP contribution in [-0.2, 0) is 20.8 Å². The summed E-state index contributed by atoms with van der Waals surface area (Å²) >= 11 is 1.47. The second-order valence-corrected chi connectivity index (χ2v) is 13.6. The van der Waals surface area contributed by atoms with Gasteiger partial charge in [0.1, 0.15) is 17.5 Å². The van der Waals surface area contributed by atoms with E-state index in [0.717, 1.165) is 16.7 Å². The summed E-state index contributed by atoms with van der Waals surface area (Å²) in [6.07, 6.45) is -1.42. The number of rotatable bonds is 10. The zero-order valence-corrected chi connectivity index (χ0v) is 26.1. The van der Waals surface area contributed by atoms with E-state index in [1.807, 2.05) is 78.8 Å². The Morgan fingerprint density at radius 2 is 1.71 bits per heavy atom. The molecule has 9 nitrogen and oxygen atoms in total. The minimum atomic E-state index is -1.60. The summed E-state index contributed by atoms with van der Waals surface area (Å²) in [6.45, 7) is 13.0. The predicted octanol–water partition coefficient (Wildman–Crippen LogP) is 3.37. The molecular formula is C31H43N3O6S. The molecule has 0 aromatic heterocycles. The number of nitrogens with zero attached hydrogens (tertiary/aromatic N) is 1. The lowest BCUT2D eigenvalue weighted by molar-refractivity contribution is -0.148. The number of benzene rings is 2. The maximum Gasteiger partial charge on any atom is 0.258 e. The Kier molecular flexibility index (Phi) is 10.4. The van der Waals surface area contributed by atoms with Crippen molar-refractivity contribution in [1.82, 2.24) is 15.5 Å². The number of aryl methyl sites for hydroxylation is 2. The van der Waals surface area contributed by atoms with E-state index in [1.165, 1.54) is 16.7 Å². The van der Waals surface area contributed by atoms with Crippen LogP contribution < -0.4 is 20.1 Å². The number of methoxy groups -OCH3 is 1. The van der Waals surface area contributed by atoms with E-state index >= 15 is 0 Å². The molecule has 41 heavy (non-hydrogen) atoms. The first kappa shape index (κ1) is 32.3. The molecule has 1 aliphatic rings. The number of hydrogen-bond donors (Lipinski definition) is 3. The highest BCUT2D eigenvalue weighted by molar-refractivity contribution is 8.00. The Morgan fingerprint density at radius 3 is 2.27 bits per heavy atom. The van der Waals surface area contributed by atoms with E-state index in [1.54, 1.807) is 19.2 Å². The molecule has 224 valence electrons. The third-order valence-corrected chi connectivity index (χ3v) is 8.30. The van der Waals surface area contributed by atoms with Crippen LogP contribution in [-0.4, -0.2) is 75.8 Å². The van der Waals surface area contributed by atoms with Gasteiger partial charge in [-0.05, 0) is 83.7 Å². The third-order valence-electron chi connectivity index (χ3n) is 6.93. The van der Waals surface area contributed by atoms with Crippen molar-refractivity contribution in [2.45, 2.75) is 83.4 Å². The van der Waals surface area contributed by atoms with Crippen LogP contribution in [0.25, 0.3) is 0 Å². The minimum Gasteiger partial charge on any atom is -0.497 e. The highest BCUT2D eigenvalue weighted by atomic mass is 32.2. The molecule has 0 bridgehead atoms. The Morgan fingerprint density at radius 1 is 1.10 bits per heavy atom. The number of nitrogens with one attached hydrogen (secondary N) is 2. The topological polar surface area (TPSA) is 117 Å². The summed E-state index contributed by atoms with van der Waals surface area (Å²) < 4.78 is 10.5. The maximum absolute atomic E-state index is 13.8. The molecule has 10 heteroatoms. The monoisotopic (exact) mass is 585 g/mol. The van der Waals surface area contributed by atoms with Crippen LogP contribution in [0, 0.1) is 13.8 Å². The van der Waals surface area contributed by atoms with Crippen molar-refractivity contribution in [3.63, 3.8) is 0 Å². The smallest absolute Gasteiger partial charge is 0.258 e. The van der Waals surface area contributed by atoms with E-state index < -0.39 is 40.3 Å². The number of aliphatic hydroxyl groups is 1. The third kappa shape index (κ3) is 8.39. The Labute approximate surface area is 247 Å². The Balaban J connectivity index is 1.83. The number of ether oxygens (including phenoxy) is 2. The number of hydrogen-bond acceptors (Lipinski definition) is 7. The van der Waals surface area contributed by atoms with Gasteiger partial charge in [-0.25, -0.2) is 0 Å². The summed E-state index contributed by atoms with van der Waals surface area (Å²) in [4.78, 5) is 41.5. The zero-order valence-electron chi connectivity index (χ0n) is 25.2.